The second kappa shape index (κ2) is 13.6. The minimum absolute atomic E-state index is 0.0486. The summed E-state index contributed by atoms with van der Waals surface area (Å²) < 4.78 is 7.43. The van der Waals surface area contributed by atoms with E-state index in [9.17, 15) is 9.59 Å². The standard InChI is InChI=1S/C31H39ClN9O3/c1-5-27(42)39-14-15-40(21(4)19-39)28-24-18-25(32)30(38-12-7-6-8-13-38)35-29(24)41(31(43)36-28)26-10-9-22(17-23(26)20(2)3)44-16-11-34-37-33/h5,9-10,17-18,20-21,33H,1,6-8,11-16,19H2,2-4H3/q+1/t21-/m0/s1. The first-order valence-corrected chi connectivity index (χ1v) is 15.5. The number of hydrogen-bond donors (Lipinski definition) is 1. The molecule has 0 radical (unpaired) electrons. The molecule has 1 amide bonds. The van der Waals surface area contributed by atoms with Gasteiger partial charge in [-0.05, 0) is 68.0 Å². The van der Waals surface area contributed by atoms with Crippen LogP contribution in [0, 0.1) is 5.53 Å². The van der Waals surface area contributed by atoms with Crippen LogP contribution in [0.4, 0.5) is 11.6 Å². The van der Waals surface area contributed by atoms with Gasteiger partial charge in [0, 0.05) is 38.8 Å². The van der Waals surface area contributed by atoms with E-state index in [0.29, 0.717) is 58.8 Å². The van der Waals surface area contributed by atoms with Crippen molar-refractivity contribution in [2.24, 2.45) is 5.11 Å². The van der Waals surface area contributed by atoms with Crippen LogP contribution in [0.25, 0.3) is 16.7 Å². The van der Waals surface area contributed by atoms with E-state index < -0.39 is 5.69 Å². The first-order valence-electron chi connectivity index (χ1n) is 15.1. The molecule has 0 unspecified atom stereocenters. The lowest BCUT2D eigenvalue weighted by Crippen LogP contribution is -2.54. The normalized spacial score (nSPS) is 17.1. The fourth-order valence-electron chi connectivity index (χ4n) is 6.00. The Bertz CT molecular complexity index is 1660. The number of amides is 1. The summed E-state index contributed by atoms with van der Waals surface area (Å²) in [4.78, 5) is 45.2. The molecule has 3 aromatic rings. The fourth-order valence-corrected chi connectivity index (χ4v) is 6.27. The van der Waals surface area contributed by atoms with Gasteiger partial charge in [0.15, 0.2) is 12.2 Å². The lowest BCUT2D eigenvalue weighted by atomic mass is 10.0. The molecule has 2 saturated heterocycles. The van der Waals surface area contributed by atoms with Gasteiger partial charge < -0.3 is 19.4 Å². The van der Waals surface area contributed by atoms with Crippen LogP contribution in [0.3, 0.4) is 0 Å². The highest BCUT2D eigenvalue weighted by molar-refractivity contribution is 6.33. The average molecular weight is 621 g/mol. The summed E-state index contributed by atoms with van der Waals surface area (Å²) in [6.45, 7) is 13.5. The molecule has 13 heteroatoms. The topological polar surface area (TPSA) is 134 Å². The van der Waals surface area contributed by atoms with Crippen LogP contribution < -0.4 is 25.1 Å². The Morgan fingerprint density at radius 2 is 1.95 bits per heavy atom. The van der Waals surface area contributed by atoms with Crippen molar-refractivity contribution in [1.82, 2.24) is 24.3 Å². The lowest BCUT2D eigenvalue weighted by molar-refractivity contribution is -0.126. The Labute approximate surface area is 261 Å². The van der Waals surface area contributed by atoms with Crippen molar-refractivity contribution in [1.29, 1.82) is 5.53 Å². The Hall–Kier alpha value is -4.28. The average Bonchev–Trinajstić information content (AvgIpc) is 3.03. The summed E-state index contributed by atoms with van der Waals surface area (Å²) >= 11 is 6.93. The Morgan fingerprint density at radius 1 is 1.18 bits per heavy atom. The molecule has 2 aromatic heterocycles. The molecule has 1 atom stereocenters. The molecular formula is C31H39ClN9O3+. The van der Waals surface area contributed by atoms with Gasteiger partial charge >= 0.3 is 5.69 Å². The van der Waals surface area contributed by atoms with Crippen LogP contribution in [0.15, 0.2) is 46.8 Å². The van der Waals surface area contributed by atoms with Gasteiger partial charge in [-0.2, -0.15) is 4.98 Å². The van der Waals surface area contributed by atoms with Crippen LogP contribution in [-0.4, -0.2) is 77.3 Å². The number of piperazine rings is 1. The van der Waals surface area contributed by atoms with Crippen LogP contribution in [-0.2, 0) is 4.79 Å². The van der Waals surface area contributed by atoms with E-state index in [0.717, 1.165) is 37.9 Å². The molecule has 0 saturated carbocycles. The van der Waals surface area contributed by atoms with Gasteiger partial charge in [0.25, 0.3) is 0 Å². The number of anilines is 2. The third kappa shape index (κ3) is 6.32. The van der Waals surface area contributed by atoms with E-state index in [1.165, 1.54) is 6.08 Å². The SMILES string of the molecule is C=CC(=O)N1CCN(c2nc(=O)n(-c3ccc(OCCN=[N+]=N)cc3C(C)C)c3nc(N4CCCCC4)c(Cl)cc23)[C@@H](C)C1. The molecule has 0 aliphatic carbocycles. The van der Waals surface area contributed by atoms with Crippen molar-refractivity contribution < 1.29 is 9.53 Å². The molecule has 5 rings (SSSR count). The zero-order chi connectivity index (χ0) is 31.4. The van der Waals surface area contributed by atoms with Crippen LogP contribution in [0.5, 0.6) is 5.75 Å². The van der Waals surface area contributed by atoms with Crippen molar-refractivity contribution in [3.8, 4) is 11.4 Å². The number of ether oxygens (including phenoxy) is 1. The highest BCUT2D eigenvalue weighted by atomic mass is 35.5. The van der Waals surface area contributed by atoms with Gasteiger partial charge in [-0.25, -0.2) is 14.3 Å². The molecule has 2 aliphatic heterocycles. The molecule has 44 heavy (non-hydrogen) atoms. The number of benzene rings is 1. The quantitative estimate of drug-likeness (QED) is 0.159. The maximum atomic E-state index is 14.1. The number of carbonyl (C=O) groups excluding carboxylic acids is 1. The van der Waals surface area contributed by atoms with E-state index in [-0.39, 0.29) is 31.0 Å². The number of nitrogens with one attached hydrogen (secondary N) is 1. The molecule has 0 spiro atoms. The van der Waals surface area contributed by atoms with Crippen molar-refractivity contribution in [3.05, 3.63) is 58.0 Å². The minimum atomic E-state index is -0.449. The van der Waals surface area contributed by atoms with Crippen molar-refractivity contribution in [2.45, 2.75) is 52.0 Å². The van der Waals surface area contributed by atoms with E-state index in [4.69, 9.17) is 26.9 Å². The van der Waals surface area contributed by atoms with Crippen LogP contribution in [0.2, 0.25) is 5.02 Å². The number of aromatic nitrogens is 3. The third-order valence-electron chi connectivity index (χ3n) is 8.22. The zero-order valence-electron chi connectivity index (χ0n) is 25.5. The maximum absolute atomic E-state index is 14.1. The van der Waals surface area contributed by atoms with Crippen molar-refractivity contribution >= 4 is 40.2 Å². The van der Waals surface area contributed by atoms with Crippen LogP contribution in [0.1, 0.15) is 51.5 Å². The fraction of sp³-hybridized carbons (Fsp3) is 0.484. The number of rotatable bonds is 9. The van der Waals surface area contributed by atoms with E-state index in [1.807, 2.05) is 31.2 Å². The Balaban J connectivity index is 1.67. The lowest BCUT2D eigenvalue weighted by Gasteiger charge is -2.40. The highest BCUT2D eigenvalue weighted by Gasteiger charge is 2.30. The molecule has 2 aliphatic rings. The van der Waals surface area contributed by atoms with Gasteiger partial charge in [0.1, 0.15) is 34.6 Å². The smallest absolute Gasteiger partial charge is 0.355 e. The maximum Gasteiger partial charge on any atom is 0.355 e. The molecule has 2 fully saturated rings. The van der Waals surface area contributed by atoms with Crippen LogP contribution >= 0.6 is 11.6 Å². The molecule has 4 heterocycles. The number of pyridine rings is 1. The number of carbonyl (C=O) groups is 1. The molecule has 232 valence electrons. The highest BCUT2D eigenvalue weighted by Crippen LogP contribution is 2.36. The predicted molar refractivity (Wildman–Crippen MR) is 172 cm³/mol. The summed E-state index contributed by atoms with van der Waals surface area (Å²) in [7, 11) is 0. The minimum Gasteiger partial charge on any atom is -0.491 e. The monoisotopic (exact) mass is 620 g/mol. The van der Waals surface area contributed by atoms with Crippen molar-refractivity contribution in [3.63, 3.8) is 0 Å². The van der Waals surface area contributed by atoms with Gasteiger partial charge in [-0.15, -0.1) is 0 Å². The number of fused-ring (bicyclic) bond motifs is 1. The predicted octanol–water partition coefficient (Wildman–Crippen LogP) is 4.70. The summed E-state index contributed by atoms with van der Waals surface area (Å²) in [6.07, 6.45) is 4.60. The van der Waals surface area contributed by atoms with Gasteiger partial charge in [-0.3, -0.25) is 4.79 Å². The molecule has 0 bridgehead atoms. The first-order chi connectivity index (χ1) is 21.2. The Kier molecular flexibility index (Phi) is 9.61. The summed E-state index contributed by atoms with van der Waals surface area (Å²) in [5.41, 5.74) is 8.42. The summed E-state index contributed by atoms with van der Waals surface area (Å²) in [5.74, 6) is 1.73. The van der Waals surface area contributed by atoms with E-state index in [1.54, 1.807) is 9.47 Å². The third-order valence-corrected chi connectivity index (χ3v) is 8.50. The Morgan fingerprint density at radius 3 is 2.64 bits per heavy atom. The first kappa shape index (κ1) is 31.2. The number of halogens is 1. The molecule has 1 N–H and O–H groups in total. The molecule has 1 aromatic carbocycles. The van der Waals surface area contributed by atoms with Gasteiger partial charge in [-0.1, -0.05) is 32.0 Å². The number of piperidine rings is 1. The van der Waals surface area contributed by atoms with Gasteiger partial charge in [0.2, 0.25) is 10.8 Å². The second-order valence-electron chi connectivity index (χ2n) is 11.5. The van der Waals surface area contributed by atoms with E-state index in [2.05, 4.69) is 45.2 Å². The summed E-state index contributed by atoms with van der Waals surface area (Å²) in [5, 5.41) is 4.82. The summed E-state index contributed by atoms with van der Waals surface area (Å²) in [6, 6.07) is 7.37. The molecule has 12 nitrogen and oxygen atoms in total. The largest absolute Gasteiger partial charge is 0.491 e. The second-order valence-corrected chi connectivity index (χ2v) is 11.9. The number of hydrogen-bond acceptors (Lipinski definition) is 9. The van der Waals surface area contributed by atoms with E-state index >= 15 is 0 Å². The van der Waals surface area contributed by atoms with Crippen molar-refractivity contribution in [2.75, 3.05) is 55.7 Å². The zero-order valence-corrected chi connectivity index (χ0v) is 26.3. The molecular weight excluding hydrogens is 582 g/mol. The van der Waals surface area contributed by atoms with Gasteiger partial charge in [0.05, 0.1) is 16.1 Å². The number of nitrogens with zero attached hydrogens (tertiary/aromatic N) is 8.